The van der Waals surface area contributed by atoms with E-state index in [1.807, 2.05) is 4.90 Å². The van der Waals surface area contributed by atoms with Gasteiger partial charge in [0.2, 0.25) is 0 Å². The molecule has 1 N–H and O–H groups in total. The van der Waals surface area contributed by atoms with Gasteiger partial charge in [-0.15, -0.1) is 0 Å². The number of carbonyl (C=O) groups is 1. The van der Waals surface area contributed by atoms with E-state index in [0.29, 0.717) is 18.3 Å². The first-order valence-corrected chi connectivity index (χ1v) is 11.7. The number of aliphatic hydroxyl groups is 1. The van der Waals surface area contributed by atoms with Crippen LogP contribution in [0.4, 0.5) is 8.78 Å². The highest BCUT2D eigenvalue weighted by molar-refractivity contribution is 5.91. The number of aliphatic hydroxyl groups excluding tert-OH is 1. The minimum Gasteiger partial charge on any atom is -0.453 e. The monoisotopic (exact) mass is 444 g/mol. The minimum absolute atomic E-state index is 0.113. The van der Waals surface area contributed by atoms with E-state index >= 15 is 0 Å². The first-order valence-electron chi connectivity index (χ1n) is 11.7. The van der Waals surface area contributed by atoms with Crippen molar-refractivity contribution in [1.29, 1.82) is 0 Å². The fraction of sp³-hybridized carbons (Fsp3) is 0.560. The van der Waals surface area contributed by atoms with E-state index in [1.165, 1.54) is 18.2 Å². The molecule has 1 amide bonds. The van der Waals surface area contributed by atoms with E-state index in [-0.39, 0.29) is 35.3 Å². The quantitative estimate of drug-likeness (QED) is 0.745. The summed E-state index contributed by atoms with van der Waals surface area (Å²) in [4.78, 5) is 17.0. The first-order chi connectivity index (χ1) is 15.5. The van der Waals surface area contributed by atoms with E-state index in [4.69, 9.17) is 9.52 Å². The van der Waals surface area contributed by atoms with Crippen LogP contribution in [0.3, 0.4) is 0 Å². The molecule has 0 radical (unpaired) electrons. The summed E-state index contributed by atoms with van der Waals surface area (Å²) in [6.45, 7) is 2.10. The van der Waals surface area contributed by atoms with Crippen LogP contribution in [0.2, 0.25) is 0 Å². The molecule has 7 heteroatoms. The first kappa shape index (κ1) is 21.6. The Bertz CT molecular complexity index is 963. The van der Waals surface area contributed by atoms with Gasteiger partial charge in [-0.05, 0) is 81.2 Å². The number of furan rings is 1. The number of halogens is 2. The molecule has 1 aromatic carbocycles. The standard InChI is InChI=1S/C25H30F2N2O3/c26-19-3-1-4-20(27)23(19)21-5-2-13-29(21)17-8-10-25(11-9-17)12-14-28(16-25)24(31)22-7-6-18(15-30)32-22/h1,3-4,6-7,17,21,30H,2,5,8-16H2/t17-,21-,25-/m0/s1. The molecular formula is C25H30F2N2O3. The van der Waals surface area contributed by atoms with Gasteiger partial charge in [-0.3, -0.25) is 9.69 Å². The van der Waals surface area contributed by atoms with Gasteiger partial charge in [0, 0.05) is 30.7 Å². The van der Waals surface area contributed by atoms with E-state index in [0.717, 1.165) is 58.0 Å². The van der Waals surface area contributed by atoms with Crippen LogP contribution in [0.1, 0.15) is 72.9 Å². The number of nitrogens with zero attached hydrogens (tertiary/aromatic N) is 2. The van der Waals surface area contributed by atoms with Gasteiger partial charge in [-0.2, -0.15) is 0 Å². The van der Waals surface area contributed by atoms with Crippen LogP contribution in [0.15, 0.2) is 34.7 Å². The van der Waals surface area contributed by atoms with Crippen LogP contribution >= 0.6 is 0 Å². The lowest BCUT2D eigenvalue weighted by molar-refractivity contribution is 0.0650. The van der Waals surface area contributed by atoms with Crippen LogP contribution in [-0.4, -0.2) is 46.5 Å². The maximum absolute atomic E-state index is 14.4. The predicted molar refractivity (Wildman–Crippen MR) is 115 cm³/mol. The van der Waals surface area contributed by atoms with Gasteiger partial charge in [-0.25, -0.2) is 8.78 Å². The molecule has 2 aromatic rings. The van der Waals surface area contributed by atoms with Gasteiger partial charge in [0.15, 0.2) is 5.76 Å². The fourth-order valence-electron chi connectivity index (χ4n) is 6.16. The molecule has 3 heterocycles. The van der Waals surface area contributed by atoms with Crippen molar-refractivity contribution < 1.29 is 23.1 Å². The molecule has 5 nitrogen and oxygen atoms in total. The van der Waals surface area contributed by atoms with Crippen molar-refractivity contribution in [2.75, 3.05) is 19.6 Å². The number of hydrogen-bond acceptors (Lipinski definition) is 4. The zero-order valence-electron chi connectivity index (χ0n) is 18.2. The van der Waals surface area contributed by atoms with Crippen molar-refractivity contribution in [3.05, 3.63) is 59.1 Å². The Labute approximate surface area is 187 Å². The van der Waals surface area contributed by atoms with Gasteiger partial charge >= 0.3 is 0 Å². The molecule has 1 aromatic heterocycles. The van der Waals surface area contributed by atoms with E-state index < -0.39 is 11.6 Å². The summed E-state index contributed by atoms with van der Waals surface area (Å²) in [6, 6.07) is 7.55. The number of likely N-dealkylation sites (tertiary alicyclic amines) is 2. The van der Waals surface area contributed by atoms with Crippen molar-refractivity contribution in [2.45, 2.75) is 63.6 Å². The highest BCUT2D eigenvalue weighted by Crippen LogP contribution is 2.47. The SMILES string of the molecule is O=C(c1ccc(CO)o1)N1CC[C@]2(CC[C@@H](N3CCC[C@H]3c3c(F)cccc3F)CC2)C1. The number of amides is 1. The largest absolute Gasteiger partial charge is 0.453 e. The Balaban J connectivity index is 1.23. The summed E-state index contributed by atoms with van der Waals surface area (Å²) in [7, 11) is 0. The molecule has 3 fully saturated rings. The third-order valence-electron chi connectivity index (χ3n) is 7.87. The number of carbonyl (C=O) groups excluding carboxylic acids is 1. The van der Waals surface area contributed by atoms with E-state index in [2.05, 4.69) is 4.90 Å². The zero-order chi connectivity index (χ0) is 22.3. The third kappa shape index (κ3) is 3.86. The molecule has 1 atom stereocenters. The van der Waals surface area contributed by atoms with Crippen molar-refractivity contribution in [3.8, 4) is 0 Å². The number of hydrogen-bond donors (Lipinski definition) is 1. The van der Waals surface area contributed by atoms with Gasteiger partial charge in [0.05, 0.1) is 0 Å². The van der Waals surface area contributed by atoms with Gasteiger partial charge < -0.3 is 14.4 Å². The Kier molecular flexibility index (Phi) is 5.80. The van der Waals surface area contributed by atoms with Crippen LogP contribution in [0.5, 0.6) is 0 Å². The van der Waals surface area contributed by atoms with Gasteiger partial charge in [0.1, 0.15) is 24.0 Å². The van der Waals surface area contributed by atoms with Crippen molar-refractivity contribution in [2.24, 2.45) is 5.41 Å². The third-order valence-corrected chi connectivity index (χ3v) is 7.87. The second-order valence-electron chi connectivity index (χ2n) is 9.66. The van der Waals surface area contributed by atoms with Crippen LogP contribution in [0.25, 0.3) is 0 Å². The lowest BCUT2D eigenvalue weighted by atomic mass is 9.71. The van der Waals surface area contributed by atoms with Gasteiger partial charge in [-0.1, -0.05) is 6.07 Å². The van der Waals surface area contributed by atoms with Crippen molar-refractivity contribution in [1.82, 2.24) is 9.80 Å². The second kappa shape index (κ2) is 8.60. The lowest BCUT2D eigenvalue weighted by Crippen LogP contribution is -2.42. The van der Waals surface area contributed by atoms with Crippen molar-refractivity contribution in [3.63, 3.8) is 0 Å². The lowest BCUT2D eigenvalue weighted by Gasteiger charge is -2.42. The number of rotatable bonds is 4. The smallest absolute Gasteiger partial charge is 0.289 e. The highest BCUT2D eigenvalue weighted by atomic mass is 19.1. The summed E-state index contributed by atoms with van der Waals surface area (Å²) in [5.41, 5.74) is 0.348. The van der Waals surface area contributed by atoms with Crippen molar-refractivity contribution >= 4 is 5.91 Å². The van der Waals surface area contributed by atoms with E-state index in [1.54, 1.807) is 12.1 Å². The summed E-state index contributed by atoms with van der Waals surface area (Å²) in [5, 5.41) is 9.17. The molecule has 1 spiro atoms. The minimum atomic E-state index is -0.443. The van der Waals surface area contributed by atoms with Crippen LogP contribution in [-0.2, 0) is 6.61 Å². The second-order valence-corrected chi connectivity index (χ2v) is 9.66. The average Bonchev–Trinajstić information content (AvgIpc) is 3.54. The summed E-state index contributed by atoms with van der Waals surface area (Å²) >= 11 is 0. The van der Waals surface area contributed by atoms with E-state index in [9.17, 15) is 13.6 Å². The molecule has 172 valence electrons. The average molecular weight is 445 g/mol. The molecule has 0 bridgehead atoms. The molecule has 0 unspecified atom stereocenters. The molecule has 1 saturated carbocycles. The molecule has 3 aliphatic rings. The molecular weight excluding hydrogens is 414 g/mol. The van der Waals surface area contributed by atoms with Crippen LogP contribution < -0.4 is 0 Å². The summed E-state index contributed by atoms with van der Waals surface area (Å²) in [6.07, 6.45) is 6.75. The van der Waals surface area contributed by atoms with Gasteiger partial charge in [0.25, 0.3) is 5.91 Å². The maximum Gasteiger partial charge on any atom is 0.289 e. The Hall–Kier alpha value is -2.25. The topological polar surface area (TPSA) is 56.9 Å². The predicted octanol–water partition coefficient (Wildman–Crippen LogP) is 4.66. The molecule has 5 rings (SSSR count). The molecule has 1 aliphatic carbocycles. The van der Waals surface area contributed by atoms with Crippen LogP contribution in [0, 0.1) is 17.0 Å². The number of benzene rings is 1. The Morgan fingerprint density at radius 1 is 1.06 bits per heavy atom. The highest BCUT2D eigenvalue weighted by Gasteiger charge is 2.45. The summed E-state index contributed by atoms with van der Waals surface area (Å²) < 4.78 is 34.3. The summed E-state index contributed by atoms with van der Waals surface area (Å²) in [5.74, 6) is -0.318. The molecule has 32 heavy (non-hydrogen) atoms. The fourth-order valence-corrected chi connectivity index (χ4v) is 6.16. The zero-order valence-corrected chi connectivity index (χ0v) is 18.2. The normalized spacial score (nSPS) is 28.7. The molecule has 2 saturated heterocycles. The molecule has 2 aliphatic heterocycles. The Morgan fingerprint density at radius 3 is 2.50 bits per heavy atom. The Morgan fingerprint density at radius 2 is 1.81 bits per heavy atom. The maximum atomic E-state index is 14.4.